The van der Waals surface area contributed by atoms with Gasteiger partial charge in [0.2, 0.25) is 0 Å². The van der Waals surface area contributed by atoms with Gasteiger partial charge in [-0.1, -0.05) is 23.7 Å². The van der Waals surface area contributed by atoms with Crippen LogP contribution in [0.25, 0.3) is 0 Å². The lowest BCUT2D eigenvalue weighted by Crippen LogP contribution is -2.37. The predicted octanol–water partition coefficient (Wildman–Crippen LogP) is 1.91. The highest BCUT2D eigenvalue weighted by molar-refractivity contribution is 6.33. The SMILES string of the molecule is COCCNCc1cccc(Cl)c1N1CCOCC1. The Morgan fingerprint density at radius 1 is 1.37 bits per heavy atom. The first-order valence-corrected chi connectivity index (χ1v) is 7.00. The molecule has 1 saturated heterocycles. The van der Waals surface area contributed by atoms with Crippen molar-refractivity contribution in [2.24, 2.45) is 0 Å². The molecule has 1 aliphatic heterocycles. The monoisotopic (exact) mass is 284 g/mol. The second-order valence-electron chi connectivity index (χ2n) is 4.52. The van der Waals surface area contributed by atoms with Crippen molar-refractivity contribution in [3.63, 3.8) is 0 Å². The molecule has 0 atom stereocenters. The topological polar surface area (TPSA) is 33.7 Å². The molecule has 0 aromatic heterocycles. The molecule has 0 saturated carbocycles. The second kappa shape index (κ2) is 7.70. The van der Waals surface area contributed by atoms with Crippen LogP contribution in [0.5, 0.6) is 0 Å². The lowest BCUT2D eigenvalue weighted by molar-refractivity contribution is 0.122. The summed E-state index contributed by atoms with van der Waals surface area (Å²) in [5.74, 6) is 0. The van der Waals surface area contributed by atoms with Gasteiger partial charge in [-0.3, -0.25) is 0 Å². The van der Waals surface area contributed by atoms with Crippen LogP contribution < -0.4 is 10.2 Å². The van der Waals surface area contributed by atoms with E-state index in [0.717, 1.165) is 50.1 Å². The zero-order valence-corrected chi connectivity index (χ0v) is 12.1. The molecule has 1 aromatic carbocycles. The van der Waals surface area contributed by atoms with Crippen molar-refractivity contribution in [3.8, 4) is 0 Å². The summed E-state index contributed by atoms with van der Waals surface area (Å²) < 4.78 is 10.4. The van der Waals surface area contributed by atoms with Crippen molar-refractivity contribution in [1.29, 1.82) is 0 Å². The lowest BCUT2D eigenvalue weighted by Gasteiger charge is -2.31. The summed E-state index contributed by atoms with van der Waals surface area (Å²) in [6.45, 7) is 5.68. The van der Waals surface area contributed by atoms with Gasteiger partial charge in [0, 0.05) is 33.3 Å². The zero-order valence-electron chi connectivity index (χ0n) is 11.3. The van der Waals surface area contributed by atoms with E-state index in [1.165, 1.54) is 5.56 Å². The van der Waals surface area contributed by atoms with Crippen LogP contribution in [0.3, 0.4) is 0 Å². The number of halogens is 1. The number of nitrogens with zero attached hydrogens (tertiary/aromatic N) is 1. The third kappa shape index (κ3) is 4.08. The van der Waals surface area contributed by atoms with E-state index in [9.17, 15) is 0 Å². The van der Waals surface area contributed by atoms with Crippen molar-refractivity contribution in [3.05, 3.63) is 28.8 Å². The summed E-state index contributed by atoms with van der Waals surface area (Å²) in [5.41, 5.74) is 2.36. The van der Waals surface area contributed by atoms with Crippen LogP contribution in [-0.4, -0.2) is 46.6 Å². The largest absolute Gasteiger partial charge is 0.383 e. The smallest absolute Gasteiger partial charge is 0.0642 e. The molecule has 0 radical (unpaired) electrons. The summed E-state index contributed by atoms with van der Waals surface area (Å²) in [7, 11) is 1.71. The Hall–Kier alpha value is -0.810. The van der Waals surface area contributed by atoms with Crippen molar-refractivity contribution in [2.75, 3.05) is 51.5 Å². The molecule has 1 aliphatic rings. The minimum atomic E-state index is 0.716. The number of para-hydroxylation sites is 1. The molecule has 4 nitrogen and oxygen atoms in total. The average Bonchev–Trinajstić information content (AvgIpc) is 2.45. The Morgan fingerprint density at radius 3 is 2.89 bits per heavy atom. The number of hydrogen-bond donors (Lipinski definition) is 1. The maximum absolute atomic E-state index is 6.37. The summed E-state index contributed by atoms with van der Waals surface area (Å²) in [4.78, 5) is 2.30. The van der Waals surface area contributed by atoms with Gasteiger partial charge in [0.05, 0.1) is 30.5 Å². The Kier molecular flexibility index (Phi) is 5.92. The molecule has 1 fully saturated rings. The normalized spacial score (nSPS) is 15.8. The number of methoxy groups -OCH3 is 1. The number of rotatable bonds is 6. The van der Waals surface area contributed by atoms with Crippen LogP contribution in [0, 0.1) is 0 Å². The van der Waals surface area contributed by atoms with E-state index >= 15 is 0 Å². The summed E-state index contributed by atoms with van der Waals surface area (Å²) in [5, 5.41) is 4.18. The van der Waals surface area contributed by atoms with Gasteiger partial charge in [0.25, 0.3) is 0 Å². The number of hydrogen-bond acceptors (Lipinski definition) is 4. The fourth-order valence-corrected chi connectivity index (χ4v) is 2.55. The Morgan fingerprint density at radius 2 is 2.16 bits per heavy atom. The minimum absolute atomic E-state index is 0.716. The summed E-state index contributed by atoms with van der Waals surface area (Å²) in [6.07, 6.45) is 0. The maximum Gasteiger partial charge on any atom is 0.0642 e. The van der Waals surface area contributed by atoms with Crippen LogP contribution in [-0.2, 0) is 16.0 Å². The predicted molar refractivity (Wildman–Crippen MR) is 78.1 cm³/mol. The van der Waals surface area contributed by atoms with Gasteiger partial charge in [-0.25, -0.2) is 0 Å². The van der Waals surface area contributed by atoms with E-state index in [1.54, 1.807) is 7.11 Å². The molecule has 1 aromatic rings. The van der Waals surface area contributed by atoms with Gasteiger partial charge in [-0.05, 0) is 11.6 Å². The molecule has 0 unspecified atom stereocenters. The highest BCUT2D eigenvalue weighted by atomic mass is 35.5. The average molecular weight is 285 g/mol. The van der Waals surface area contributed by atoms with E-state index in [-0.39, 0.29) is 0 Å². The highest BCUT2D eigenvalue weighted by Gasteiger charge is 2.17. The van der Waals surface area contributed by atoms with Gasteiger partial charge in [-0.2, -0.15) is 0 Å². The molecule has 106 valence electrons. The molecule has 0 bridgehead atoms. The number of benzene rings is 1. The molecular weight excluding hydrogens is 264 g/mol. The Bertz CT molecular complexity index is 395. The van der Waals surface area contributed by atoms with E-state index in [0.29, 0.717) is 6.61 Å². The quantitative estimate of drug-likeness (QED) is 0.809. The van der Waals surface area contributed by atoms with Gasteiger partial charge in [-0.15, -0.1) is 0 Å². The van der Waals surface area contributed by atoms with Gasteiger partial charge >= 0.3 is 0 Å². The zero-order chi connectivity index (χ0) is 13.5. The number of nitrogens with one attached hydrogen (secondary N) is 1. The van der Waals surface area contributed by atoms with Gasteiger partial charge < -0.3 is 19.7 Å². The van der Waals surface area contributed by atoms with Crippen LogP contribution in [0.15, 0.2) is 18.2 Å². The fourth-order valence-electron chi connectivity index (χ4n) is 2.24. The van der Waals surface area contributed by atoms with Crippen LogP contribution in [0.2, 0.25) is 5.02 Å². The molecule has 2 rings (SSSR count). The Labute approximate surface area is 119 Å². The van der Waals surface area contributed by atoms with Crippen LogP contribution in [0.4, 0.5) is 5.69 Å². The molecule has 19 heavy (non-hydrogen) atoms. The van der Waals surface area contributed by atoms with E-state index < -0.39 is 0 Å². The Balaban J connectivity index is 2.06. The third-order valence-electron chi connectivity index (χ3n) is 3.20. The first-order chi connectivity index (χ1) is 9.33. The second-order valence-corrected chi connectivity index (χ2v) is 4.92. The number of anilines is 1. The molecule has 1 heterocycles. The number of morpholine rings is 1. The molecular formula is C14H21ClN2O2. The molecule has 0 amide bonds. The highest BCUT2D eigenvalue weighted by Crippen LogP contribution is 2.30. The van der Waals surface area contributed by atoms with Crippen molar-refractivity contribution < 1.29 is 9.47 Å². The molecule has 0 aliphatic carbocycles. The standard InChI is InChI=1S/C14H21ClN2O2/c1-18-8-5-16-11-12-3-2-4-13(15)14(12)17-6-9-19-10-7-17/h2-4,16H,5-11H2,1H3. The molecule has 1 N–H and O–H groups in total. The molecule has 0 spiro atoms. The summed E-state index contributed by atoms with van der Waals surface area (Å²) in [6, 6.07) is 6.07. The lowest BCUT2D eigenvalue weighted by atomic mass is 10.1. The summed E-state index contributed by atoms with van der Waals surface area (Å²) >= 11 is 6.37. The third-order valence-corrected chi connectivity index (χ3v) is 3.50. The van der Waals surface area contributed by atoms with E-state index in [4.69, 9.17) is 21.1 Å². The van der Waals surface area contributed by atoms with Crippen molar-refractivity contribution >= 4 is 17.3 Å². The number of ether oxygens (including phenoxy) is 2. The van der Waals surface area contributed by atoms with E-state index in [1.807, 2.05) is 12.1 Å². The van der Waals surface area contributed by atoms with E-state index in [2.05, 4.69) is 16.3 Å². The minimum Gasteiger partial charge on any atom is -0.383 e. The first-order valence-electron chi connectivity index (χ1n) is 6.62. The fraction of sp³-hybridized carbons (Fsp3) is 0.571. The maximum atomic E-state index is 6.37. The van der Waals surface area contributed by atoms with Crippen molar-refractivity contribution in [2.45, 2.75) is 6.54 Å². The first kappa shape index (κ1) is 14.6. The molecule has 5 heteroatoms. The van der Waals surface area contributed by atoms with Crippen LogP contribution >= 0.6 is 11.6 Å². The van der Waals surface area contributed by atoms with Gasteiger partial charge in [0.15, 0.2) is 0 Å². The van der Waals surface area contributed by atoms with Crippen molar-refractivity contribution in [1.82, 2.24) is 5.32 Å². The van der Waals surface area contributed by atoms with Gasteiger partial charge in [0.1, 0.15) is 0 Å². The van der Waals surface area contributed by atoms with Crippen LogP contribution in [0.1, 0.15) is 5.56 Å².